The zero-order valence-corrected chi connectivity index (χ0v) is 13.5. The van der Waals surface area contributed by atoms with E-state index in [4.69, 9.17) is 0 Å². The number of tetrazole rings is 1. The molecule has 0 aromatic carbocycles. The second-order valence-electron chi connectivity index (χ2n) is 4.77. The molecule has 2 aromatic heterocycles. The van der Waals surface area contributed by atoms with Gasteiger partial charge in [-0.1, -0.05) is 0 Å². The van der Waals surface area contributed by atoms with E-state index in [2.05, 4.69) is 31.0 Å². The fourth-order valence-electron chi connectivity index (χ4n) is 2.26. The Morgan fingerprint density at radius 3 is 2.71 bits per heavy atom. The first-order valence-electron chi connectivity index (χ1n) is 6.41. The van der Waals surface area contributed by atoms with Crippen molar-refractivity contribution in [2.45, 2.75) is 19.4 Å². The average Bonchev–Trinajstić information content (AvgIpc) is 3.01. The van der Waals surface area contributed by atoms with Crippen LogP contribution in [0.4, 0.5) is 5.82 Å². The molecule has 2 N–H and O–H groups in total. The summed E-state index contributed by atoms with van der Waals surface area (Å²) in [5, 5.41) is 18.8. The largest absolute Gasteiger partial charge is 0.366 e. The molecule has 3 rings (SSSR count). The predicted octanol–water partition coefficient (Wildman–Crippen LogP) is 1.20. The van der Waals surface area contributed by atoms with E-state index >= 15 is 0 Å². The first-order valence-corrected chi connectivity index (χ1v) is 6.41. The van der Waals surface area contributed by atoms with Crippen LogP contribution in [0.25, 0.3) is 11.4 Å². The third kappa shape index (κ3) is 4.03. The number of anilines is 1. The van der Waals surface area contributed by atoms with E-state index in [1.165, 1.54) is 4.80 Å². The van der Waals surface area contributed by atoms with E-state index in [1.54, 1.807) is 7.05 Å². The van der Waals surface area contributed by atoms with Gasteiger partial charge in [0.25, 0.3) is 0 Å². The van der Waals surface area contributed by atoms with Gasteiger partial charge < -0.3 is 10.6 Å². The van der Waals surface area contributed by atoms with Gasteiger partial charge >= 0.3 is 0 Å². The van der Waals surface area contributed by atoms with Gasteiger partial charge in [0.2, 0.25) is 5.82 Å². The van der Waals surface area contributed by atoms with Gasteiger partial charge in [-0.25, -0.2) is 4.98 Å². The molecule has 7 nitrogen and oxygen atoms in total. The summed E-state index contributed by atoms with van der Waals surface area (Å²) in [6, 6.07) is 4.42. The minimum atomic E-state index is 0. The molecular weight excluding hydrogens is 313 g/mol. The number of nitrogens with one attached hydrogen (secondary N) is 2. The molecule has 1 saturated heterocycles. The summed E-state index contributed by atoms with van der Waals surface area (Å²) in [6.45, 7) is 4.02. The normalized spacial score (nSPS) is 17.0. The average molecular weight is 332 g/mol. The number of hydrogen-bond donors (Lipinski definition) is 2. The summed E-state index contributed by atoms with van der Waals surface area (Å²) < 4.78 is 0. The minimum Gasteiger partial charge on any atom is -0.366 e. The molecule has 1 atom stereocenters. The van der Waals surface area contributed by atoms with Crippen LogP contribution in [-0.2, 0) is 7.05 Å². The van der Waals surface area contributed by atoms with Crippen LogP contribution in [0, 0.1) is 6.92 Å². The quantitative estimate of drug-likeness (QED) is 0.879. The highest BCUT2D eigenvalue weighted by Crippen LogP contribution is 2.20. The van der Waals surface area contributed by atoms with Crippen molar-refractivity contribution in [3.63, 3.8) is 0 Å². The Morgan fingerprint density at radius 1 is 1.33 bits per heavy atom. The number of hydrogen-bond acceptors (Lipinski definition) is 6. The van der Waals surface area contributed by atoms with Crippen molar-refractivity contribution in [1.29, 1.82) is 0 Å². The summed E-state index contributed by atoms with van der Waals surface area (Å²) in [5.74, 6) is 1.51. The van der Waals surface area contributed by atoms with Gasteiger partial charge in [0.15, 0.2) is 0 Å². The highest BCUT2D eigenvalue weighted by atomic mass is 35.5. The first-order chi connectivity index (χ1) is 9.22. The summed E-state index contributed by atoms with van der Waals surface area (Å²) in [5.41, 5.74) is 1.83. The Labute approximate surface area is 135 Å². The highest BCUT2D eigenvalue weighted by molar-refractivity contribution is 5.85. The van der Waals surface area contributed by atoms with Crippen molar-refractivity contribution in [3.05, 3.63) is 17.8 Å². The topological polar surface area (TPSA) is 80.5 Å². The summed E-state index contributed by atoms with van der Waals surface area (Å²) in [6.07, 6.45) is 1.13. The van der Waals surface area contributed by atoms with Gasteiger partial charge in [-0.2, -0.15) is 4.80 Å². The molecule has 3 heterocycles. The monoisotopic (exact) mass is 331 g/mol. The van der Waals surface area contributed by atoms with Crippen molar-refractivity contribution in [2.24, 2.45) is 7.05 Å². The number of rotatable bonds is 3. The van der Waals surface area contributed by atoms with Crippen LogP contribution in [0.1, 0.15) is 12.1 Å². The SMILES string of the molecule is Cc1nc(N[C@H]2CCNC2)ccc1-c1nnn(C)n1.Cl.Cl. The lowest BCUT2D eigenvalue weighted by Crippen LogP contribution is -2.22. The van der Waals surface area contributed by atoms with Gasteiger partial charge in [-0.15, -0.1) is 35.0 Å². The van der Waals surface area contributed by atoms with E-state index in [0.29, 0.717) is 11.9 Å². The molecule has 1 fully saturated rings. The number of nitrogens with zero attached hydrogens (tertiary/aromatic N) is 5. The van der Waals surface area contributed by atoms with Crippen molar-refractivity contribution in [3.8, 4) is 11.4 Å². The summed E-state index contributed by atoms with van der Waals surface area (Å²) in [7, 11) is 1.75. The van der Waals surface area contributed by atoms with E-state index < -0.39 is 0 Å². The van der Waals surface area contributed by atoms with Crippen molar-refractivity contribution in [2.75, 3.05) is 18.4 Å². The molecular formula is C12H19Cl2N7. The maximum atomic E-state index is 4.57. The zero-order chi connectivity index (χ0) is 13.2. The van der Waals surface area contributed by atoms with Crippen LogP contribution in [0.15, 0.2) is 12.1 Å². The maximum absolute atomic E-state index is 4.57. The lowest BCUT2D eigenvalue weighted by atomic mass is 10.2. The third-order valence-electron chi connectivity index (χ3n) is 3.25. The molecule has 0 unspecified atom stereocenters. The molecule has 0 bridgehead atoms. The van der Waals surface area contributed by atoms with Gasteiger partial charge in [0.05, 0.1) is 12.7 Å². The lowest BCUT2D eigenvalue weighted by molar-refractivity contribution is 0.630. The fraction of sp³-hybridized carbons (Fsp3) is 0.500. The van der Waals surface area contributed by atoms with Crippen molar-refractivity contribution in [1.82, 2.24) is 30.5 Å². The Balaban J connectivity index is 0.00000110. The molecule has 21 heavy (non-hydrogen) atoms. The molecule has 9 heteroatoms. The molecule has 1 aliphatic heterocycles. The van der Waals surface area contributed by atoms with E-state index in [1.807, 2.05) is 19.1 Å². The Kier molecular flexibility index (Phi) is 6.32. The van der Waals surface area contributed by atoms with Crippen molar-refractivity contribution < 1.29 is 0 Å². The third-order valence-corrected chi connectivity index (χ3v) is 3.25. The van der Waals surface area contributed by atoms with Gasteiger partial charge in [0, 0.05) is 18.2 Å². The first kappa shape index (κ1) is 17.6. The van der Waals surface area contributed by atoms with Crippen molar-refractivity contribution >= 4 is 30.6 Å². The standard InChI is InChI=1S/C12H17N7.2ClH/c1-8-10(12-16-18-19(2)17-12)3-4-11(14-8)15-9-5-6-13-7-9;;/h3-4,9,13H,5-7H2,1-2H3,(H,14,15);2*1H/t9-;;/m0../s1. The van der Waals surface area contributed by atoms with Gasteiger partial charge in [0.1, 0.15) is 5.82 Å². The minimum absolute atomic E-state index is 0. The van der Waals surface area contributed by atoms with Crippen LogP contribution < -0.4 is 10.6 Å². The van der Waals surface area contributed by atoms with Gasteiger partial charge in [-0.3, -0.25) is 0 Å². The molecule has 0 amide bonds. The zero-order valence-electron chi connectivity index (χ0n) is 11.9. The van der Waals surface area contributed by atoms with Crippen LogP contribution in [0.5, 0.6) is 0 Å². The molecule has 0 spiro atoms. The molecule has 2 aromatic rings. The number of aromatic nitrogens is 5. The van der Waals surface area contributed by atoms with Crippen LogP contribution >= 0.6 is 24.8 Å². The predicted molar refractivity (Wildman–Crippen MR) is 86.2 cm³/mol. The molecule has 0 aliphatic carbocycles. The summed E-state index contributed by atoms with van der Waals surface area (Å²) in [4.78, 5) is 6.02. The second kappa shape index (κ2) is 7.53. The lowest BCUT2D eigenvalue weighted by Gasteiger charge is -2.13. The Hall–Kier alpha value is -1.44. The Morgan fingerprint density at radius 2 is 2.14 bits per heavy atom. The number of aryl methyl sites for hydroxylation is 2. The van der Waals surface area contributed by atoms with E-state index in [-0.39, 0.29) is 24.8 Å². The number of pyridine rings is 1. The second-order valence-corrected chi connectivity index (χ2v) is 4.77. The van der Waals surface area contributed by atoms with Gasteiger partial charge in [-0.05, 0) is 37.2 Å². The number of halogens is 2. The fourth-order valence-corrected chi connectivity index (χ4v) is 2.26. The highest BCUT2D eigenvalue weighted by Gasteiger charge is 2.15. The molecule has 116 valence electrons. The summed E-state index contributed by atoms with van der Waals surface area (Å²) >= 11 is 0. The van der Waals surface area contributed by atoms with E-state index in [9.17, 15) is 0 Å². The Bertz CT molecular complexity index is 581. The molecule has 1 aliphatic rings. The van der Waals surface area contributed by atoms with E-state index in [0.717, 1.165) is 36.6 Å². The molecule has 0 radical (unpaired) electrons. The smallest absolute Gasteiger partial charge is 0.206 e. The molecule has 0 saturated carbocycles. The van der Waals surface area contributed by atoms with Crippen LogP contribution in [-0.4, -0.2) is 44.3 Å². The van der Waals surface area contributed by atoms with Crippen LogP contribution in [0.2, 0.25) is 0 Å². The maximum Gasteiger partial charge on any atom is 0.206 e. The van der Waals surface area contributed by atoms with Crippen LogP contribution in [0.3, 0.4) is 0 Å².